The largest absolute Gasteiger partial charge is 0.478 e. The lowest BCUT2D eigenvalue weighted by Crippen LogP contribution is -2.18. The Morgan fingerprint density at radius 1 is 0.531 bits per heavy atom. The summed E-state index contributed by atoms with van der Waals surface area (Å²) in [5.74, 6) is -6.65. The van der Waals surface area contributed by atoms with E-state index in [0.29, 0.717) is 10.9 Å². The molecule has 4 rings (SSSR count). The maximum Gasteiger partial charge on any atom is 0.337 e. The predicted octanol–water partition coefficient (Wildman–Crippen LogP) is 4.45. The normalized spacial score (nSPS) is 10.9. The average molecular weight is 430 g/mol. The molecular formula is C24H14O8. The molecule has 4 aromatic rings. The van der Waals surface area contributed by atoms with Gasteiger partial charge in [0, 0.05) is 10.9 Å². The molecule has 0 atom stereocenters. The lowest BCUT2D eigenvalue weighted by atomic mass is 9.83. The maximum atomic E-state index is 12.3. The molecule has 8 heteroatoms. The lowest BCUT2D eigenvalue weighted by molar-refractivity contribution is 0.0635. The minimum atomic E-state index is -1.79. The molecule has 0 heterocycles. The van der Waals surface area contributed by atoms with Crippen LogP contribution in [-0.2, 0) is 0 Å². The van der Waals surface area contributed by atoms with Gasteiger partial charge in [-0.05, 0) is 27.8 Å². The first-order valence-electron chi connectivity index (χ1n) is 9.28. The fourth-order valence-electron chi connectivity index (χ4n) is 4.08. The molecule has 0 aliphatic heterocycles. The van der Waals surface area contributed by atoms with Crippen LogP contribution in [0, 0.1) is 0 Å². The van der Waals surface area contributed by atoms with Gasteiger partial charge in [-0.3, -0.25) is 0 Å². The van der Waals surface area contributed by atoms with Gasteiger partial charge in [-0.1, -0.05) is 54.6 Å². The summed E-state index contributed by atoms with van der Waals surface area (Å²) >= 11 is 0. The Hall–Kier alpha value is -4.72. The van der Waals surface area contributed by atoms with Crippen LogP contribution < -0.4 is 0 Å². The number of benzene rings is 4. The van der Waals surface area contributed by atoms with Gasteiger partial charge in [0.1, 0.15) is 0 Å². The molecule has 32 heavy (non-hydrogen) atoms. The molecule has 0 amide bonds. The third kappa shape index (κ3) is 3.02. The summed E-state index contributed by atoms with van der Waals surface area (Å²) in [5.41, 5.74) is -2.74. The highest BCUT2D eigenvalue weighted by Crippen LogP contribution is 2.41. The summed E-state index contributed by atoms with van der Waals surface area (Å²) in [6, 6.07) is 15.9. The van der Waals surface area contributed by atoms with Crippen LogP contribution in [-0.4, -0.2) is 44.3 Å². The molecule has 0 saturated heterocycles. The second-order valence-corrected chi connectivity index (χ2v) is 6.98. The van der Waals surface area contributed by atoms with Gasteiger partial charge in [0.15, 0.2) is 0 Å². The summed E-state index contributed by atoms with van der Waals surface area (Å²) in [4.78, 5) is 48.5. The molecule has 4 N–H and O–H groups in total. The van der Waals surface area contributed by atoms with Gasteiger partial charge in [0.2, 0.25) is 0 Å². The fraction of sp³-hybridized carbons (Fsp3) is 0. The monoisotopic (exact) mass is 430 g/mol. The van der Waals surface area contributed by atoms with Crippen LogP contribution in [0.1, 0.15) is 41.4 Å². The Labute approximate surface area is 179 Å². The van der Waals surface area contributed by atoms with Crippen LogP contribution >= 0.6 is 0 Å². The van der Waals surface area contributed by atoms with Crippen molar-refractivity contribution >= 4 is 45.4 Å². The van der Waals surface area contributed by atoms with Gasteiger partial charge in [-0.15, -0.1) is 0 Å². The molecule has 8 nitrogen and oxygen atoms in total. The number of hydrogen-bond donors (Lipinski definition) is 4. The van der Waals surface area contributed by atoms with Gasteiger partial charge < -0.3 is 20.4 Å². The number of fused-ring (bicyclic) bond motifs is 2. The molecule has 0 saturated carbocycles. The van der Waals surface area contributed by atoms with Crippen LogP contribution in [0.25, 0.3) is 32.7 Å². The van der Waals surface area contributed by atoms with E-state index in [1.54, 1.807) is 42.5 Å². The molecule has 0 spiro atoms. The van der Waals surface area contributed by atoms with Crippen LogP contribution in [0.15, 0.2) is 60.7 Å². The van der Waals surface area contributed by atoms with E-state index in [-0.39, 0.29) is 16.3 Å². The summed E-state index contributed by atoms with van der Waals surface area (Å²) in [6.07, 6.45) is 0. The third-order valence-electron chi connectivity index (χ3n) is 5.26. The Kier molecular flexibility index (Phi) is 4.82. The van der Waals surface area contributed by atoms with E-state index in [0.717, 1.165) is 11.5 Å². The first-order valence-corrected chi connectivity index (χ1v) is 9.28. The van der Waals surface area contributed by atoms with Crippen LogP contribution in [0.4, 0.5) is 0 Å². The van der Waals surface area contributed by atoms with Gasteiger partial charge in [0.25, 0.3) is 0 Å². The second kappa shape index (κ2) is 7.51. The Morgan fingerprint density at radius 2 is 1.09 bits per heavy atom. The molecule has 0 bridgehead atoms. The number of hydrogen-bond acceptors (Lipinski definition) is 4. The number of carboxylic acids is 4. The smallest absolute Gasteiger partial charge is 0.337 e. The fourth-order valence-corrected chi connectivity index (χ4v) is 4.08. The molecule has 0 radical (unpaired) electrons. The minimum absolute atomic E-state index is 0.0149. The summed E-state index contributed by atoms with van der Waals surface area (Å²) in [5, 5.41) is 40.3. The van der Waals surface area contributed by atoms with E-state index in [2.05, 4.69) is 0 Å². The first kappa shape index (κ1) is 20.5. The highest BCUT2D eigenvalue weighted by molar-refractivity contribution is 6.26. The van der Waals surface area contributed by atoms with Gasteiger partial charge in [-0.2, -0.15) is 0 Å². The molecule has 0 aliphatic rings. The van der Waals surface area contributed by atoms with Crippen molar-refractivity contribution in [2.45, 2.75) is 0 Å². The summed E-state index contributed by atoms with van der Waals surface area (Å²) in [6.45, 7) is 0. The zero-order chi connectivity index (χ0) is 23.2. The Morgan fingerprint density at radius 3 is 1.72 bits per heavy atom. The second-order valence-electron chi connectivity index (χ2n) is 6.98. The molecule has 0 fully saturated rings. The molecule has 0 aliphatic carbocycles. The van der Waals surface area contributed by atoms with E-state index in [1.807, 2.05) is 0 Å². The zero-order valence-corrected chi connectivity index (χ0v) is 16.2. The molecule has 4 aromatic carbocycles. The highest BCUT2D eigenvalue weighted by Gasteiger charge is 2.33. The maximum absolute atomic E-state index is 12.3. The molecule has 158 valence electrons. The van der Waals surface area contributed by atoms with Crippen molar-refractivity contribution in [1.82, 2.24) is 0 Å². The third-order valence-corrected chi connectivity index (χ3v) is 5.26. The van der Waals surface area contributed by atoms with Crippen molar-refractivity contribution in [3.8, 4) is 11.1 Å². The SMILES string of the molecule is O=C(O)c1c(C(=O)O)c(C(=O)O)c2c(C(=O)O)cccc2c1-c1cccc2ccccc12. The number of carboxylic acid groups (broad SMARTS) is 4. The molecular weight excluding hydrogens is 416 g/mol. The predicted molar refractivity (Wildman–Crippen MR) is 115 cm³/mol. The van der Waals surface area contributed by atoms with E-state index in [4.69, 9.17) is 0 Å². The molecule has 0 aromatic heterocycles. The minimum Gasteiger partial charge on any atom is -0.478 e. The van der Waals surface area contributed by atoms with Crippen molar-refractivity contribution in [2.75, 3.05) is 0 Å². The van der Waals surface area contributed by atoms with Gasteiger partial charge in [0.05, 0.1) is 22.3 Å². The van der Waals surface area contributed by atoms with E-state index >= 15 is 0 Å². The van der Waals surface area contributed by atoms with Gasteiger partial charge in [-0.25, -0.2) is 19.2 Å². The van der Waals surface area contributed by atoms with Crippen LogP contribution in [0.2, 0.25) is 0 Å². The van der Waals surface area contributed by atoms with Crippen LogP contribution in [0.3, 0.4) is 0 Å². The van der Waals surface area contributed by atoms with Crippen LogP contribution in [0.5, 0.6) is 0 Å². The van der Waals surface area contributed by atoms with E-state index in [9.17, 15) is 39.6 Å². The quantitative estimate of drug-likeness (QED) is 0.363. The Bertz CT molecular complexity index is 1480. The highest BCUT2D eigenvalue weighted by atomic mass is 16.4. The average Bonchev–Trinajstić information content (AvgIpc) is 2.76. The topological polar surface area (TPSA) is 149 Å². The van der Waals surface area contributed by atoms with Crippen molar-refractivity contribution in [1.29, 1.82) is 0 Å². The van der Waals surface area contributed by atoms with Crippen molar-refractivity contribution in [3.05, 3.63) is 82.9 Å². The zero-order valence-electron chi connectivity index (χ0n) is 16.2. The van der Waals surface area contributed by atoms with Gasteiger partial charge >= 0.3 is 23.9 Å². The molecule has 0 unspecified atom stereocenters. The van der Waals surface area contributed by atoms with E-state index in [1.165, 1.54) is 12.1 Å². The standard InChI is InChI=1S/C24H14O8/c25-21(26)15-10-4-9-14-16(13-8-3-6-11-5-1-2-7-12(11)13)18(22(27)28)20(24(31)32)19(17(14)15)23(29)30/h1-10H,(H,25,26)(H,27,28)(H,29,30)(H,31,32). The number of carbonyl (C=O) groups is 4. The van der Waals surface area contributed by atoms with Crippen molar-refractivity contribution < 1.29 is 39.6 Å². The lowest BCUT2D eigenvalue weighted by Gasteiger charge is -2.19. The summed E-state index contributed by atoms with van der Waals surface area (Å²) in [7, 11) is 0. The van der Waals surface area contributed by atoms with Crippen molar-refractivity contribution in [3.63, 3.8) is 0 Å². The van der Waals surface area contributed by atoms with E-state index < -0.39 is 46.1 Å². The number of aromatic carboxylic acids is 4. The van der Waals surface area contributed by atoms with Crippen molar-refractivity contribution in [2.24, 2.45) is 0 Å². The summed E-state index contributed by atoms with van der Waals surface area (Å²) < 4.78 is 0. The Balaban J connectivity index is 2.40. The number of rotatable bonds is 5. The first-order chi connectivity index (χ1) is 15.2.